The molecule has 0 saturated heterocycles. The number of thiophene rings is 1. The molecule has 6 rings (SSSR count). The molecule has 0 radical (unpaired) electrons. The van der Waals surface area contributed by atoms with E-state index >= 15 is 0 Å². The summed E-state index contributed by atoms with van der Waals surface area (Å²) in [5.74, 6) is 0.415. The molecule has 32 heavy (non-hydrogen) atoms. The van der Waals surface area contributed by atoms with Gasteiger partial charge in [0.05, 0.1) is 11.1 Å². The van der Waals surface area contributed by atoms with Crippen molar-refractivity contribution in [1.82, 2.24) is 24.6 Å². The molecule has 156 valence electrons. The third kappa shape index (κ3) is 2.82. The molecule has 2 aromatic carbocycles. The Labute approximate surface area is 183 Å². The van der Waals surface area contributed by atoms with Gasteiger partial charge in [0.25, 0.3) is 6.43 Å². The van der Waals surface area contributed by atoms with E-state index in [2.05, 4.69) is 20.1 Å². The molecule has 4 aromatic heterocycles. The van der Waals surface area contributed by atoms with Crippen molar-refractivity contribution in [2.24, 2.45) is 0 Å². The average molecular weight is 445 g/mol. The van der Waals surface area contributed by atoms with E-state index in [4.69, 9.17) is 0 Å². The van der Waals surface area contributed by atoms with Gasteiger partial charge in [0.1, 0.15) is 27.3 Å². The molecular weight excluding hydrogens is 432 g/mol. The summed E-state index contributed by atoms with van der Waals surface area (Å²) < 4.78 is 29.4. The number of halogens is 2. The SMILES string of the molecule is Oc1ccccc1-c1nc2c3sc4nc(C(F)F)cc(-c5ccccc5)c4c3ncn2n1. The van der Waals surface area contributed by atoms with Crippen LogP contribution in [0.1, 0.15) is 12.1 Å². The number of alkyl halides is 2. The van der Waals surface area contributed by atoms with Gasteiger partial charge in [0.15, 0.2) is 11.5 Å². The van der Waals surface area contributed by atoms with Crippen LogP contribution in [0.15, 0.2) is 67.0 Å². The van der Waals surface area contributed by atoms with Crippen LogP contribution in [0.25, 0.3) is 48.6 Å². The molecule has 0 atom stereocenters. The van der Waals surface area contributed by atoms with Crippen molar-refractivity contribution in [3.63, 3.8) is 0 Å². The van der Waals surface area contributed by atoms with E-state index in [9.17, 15) is 13.9 Å². The van der Waals surface area contributed by atoms with Crippen molar-refractivity contribution < 1.29 is 13.9 Å². The molecule has 0 fully saturated rings. The third-order valence-electron chi connectivity index (χ3n) is 5.24. The number of nitrogens with zero attached hydrogens (tertiary/aromatic N) is 5. The van der Waals surface area contributed by atoms with E-state index in [1.165, 1.54) is 28.2 Å². The molecule has 0 saturated carbocycles. The molecule has 0 unspecified atom stereocenters. The number of hydrogen-bond acceptors (Lipinski definition) is 6. The topological polar surface area (TPSA) is 76.2 Å². The Morgan fingerprint density at radius 2 is 1.72 bits per heavy atom. The van der Waals surface area contributed by atoms with E-state index in [0.29, 0.717) is 43.0 Å². The van der Waals surface area contributed by atoms with E-state index in [0.717, 1.165) is 5.56 Å². The van der Waals surface area contributed by atoms with Gasteiger partial charge in [-0.05, 0) is 29.3 Å². The summed E-state index contributed by atoms with van der Waals surface area (Å²) in [5.41, 5.74) is 2.81. The molecule has 0 aliphatic carbocycles. The number of aromatic nitrogens is 5. The van der Waals surface area contributed by atoms with Gasteiger partial charge in [-0.2, -0.15) is 0 Å². The van der Waals surface area contributed by atoms with Crippen LogP contribution in [-0.2, 0) is 0 Å². The number of pyridine rings is 1. The second-order valence-corrected chi connectivity index (χ2v) is 8.19. The second kappa shape index (κ2) is 7.03. The number of phenols is 1. The molecule has 9 heteroatoms. The van der Waals surface area contributed by atoms with E-state index in [1.807, 2.05) is 30.3 Å². The zero-order chi connectivity index (χ0) is 21.8. The molecule has 1 N–H and O–H groups in total. The molecule has 0 spiro atoms. The summed E-state index contributed by atoms with van der Waals surface area (Å²) in [6, 6.07) is 17.6. The lowest BCUT2D eigenvalue weighted by Crippen LogP contribution is -1.93. The first-order valence-corrected chi connectivity index (χ1v) is 10.5. The Bertz CT molecular complexity index is 1630. The summed E-state index contributed by atoms with van der Waals surface area (Å²) >= 11 is 1.25. The maximum absolute atomic E-state index is 13.6. The van der Waals surface area contributed by atoms with Crippen molar-refractivity contribution in [1.29, 1.82) is 0 Å². The highest BCUT2D eigenvalue weighted by Gasteiger charge is 2.21. The zero-order valence-corrected chi connectivity index (χ0v) is 17.1. The summed E-state index contributed by atoms with van der Waals surface area (Å²) in [5, 5.41) is 15.3. The Morgan fingerprint density at radius 1 is 0.938 bits per heavy atom. The summed E-state index contributed by atoms with van der Waals surface area (Å²) in [4.78, 5) is 13.9. The summed E-state index contributed by atoms with van der Waals surface area (Å²) in [6.45, 7) is 0. The zero-order valence-electron chi connectivity index (χ0n) is 16.3. The molecule has 0 aliphatic heterocycles. The van der Waals surface area contributed by atoms with Crippen molar-refractivity contribution >= 4 is 37.4 Å². The maximum Gasteiger partial charge on any atom is 0.280 e. The lowest BCUT2D eigenvalue weighted by molar-refractivity contribution is 0.146. The Hall–Kier alpha value is -3.98. The number of rotatable bonds is 3. The van der Waals surface area contributed by atoms with E-state index < -0.39 is 6.43 Å². The largest absolute Gasteiger partial charge is 0.507 e. The number of para-hydroxylation sites is 1. The minimum Gasteiger partial charge on any atom is -0.507 e. The van der Waals surface area contributed by atoms with Gasteiger partial charge in [0, 0.05) is 5.39 Å². The number of hydrogen-bond donors (Lipinski definition) is 1. The van der Waals surface area contributed by atoms with Gasteiger partial charge in [-0.25, -0.2) is 28.2 Å². The van der Waals surface area contributed by atoms with Gasteiger partial charge in [-0.15, -0.1) is 16.4 Å². The highest BCUT2D eigenvalue weighted by molar-refractivity contribution is 7.26. The van der Waals surface area contributed by atoms with Crippen LogP contribution in [0, 0.1) is 0 Å². The van der Waals surface area contributed by atoms with Crippen LogP contribution >= 0.6 is 11.3 Å². The van der Waals surface area contributed by atoms with Crippen LogP contribution in [0.5, 0.6) is 5.75 Å². The first-order chi connectivity index (χ1) is 15.6. The number of aromatic hydroxyl groups is 1. The van der Waals surface area contributed by atoms with Gasteiger partial charge in [0.2, 0.25) is 0 Å². The number of benzene rings is 2. The molecule has 4 heterocycles. The molecule has 6 nitrogen and oxygen atoms in total. The molecule has 0 amide bonds. The molecule has 0 aliphatic rings. The number of fused-ring (bicyclic) bond motifs is 5. The van der Waals surface area contributed by atoms with Crippen molar-refractivity contribution in [2.75, 3.05) is 0 Å². The Morgan fingerprint density at radius 3 is 2.50 bits per heavy atom. The average Bonchev–Trinajstić information content (AvgIpc) is 3.40. The van der Waals surface area contributed by atoms with Gasteiger partial charge in [-0.1, -0.05) is 42.5 Å². The Balaban J connectivity index is 1.68. The van der Waals surface area contributed by atoms with Crippen LogP contribution in [-0.4, -0.2) is 29.7 Å². The Kier molecular flexibility index (Phi) is 4.12. The molecule has 0 bridgehead atoms. The van der Waals surface area contributed by atoms with Crippen LogP contribution in [0.2, 0.25) is 0 Å². The fourth-order valence-electron chi connectivity index (χ4n) is 3.78. The van der Waals surface area contributed by atoms with Gasteiger partial charge >= 0.3 is 0 Å². The van der Waals surface area contributed by atoms with E-state index in [-0.39, 0.29) is 11.4 Å². The van der Waals surface area contributed by atoms with Crippen molar-refractivity contribution in [2.45, 2.75) is 6.43 Å². The van der Waals surface area contributed by atoms with Crippen LogP contribution < -0.4 is 0 Å². The fourth-order valence-corrected chi connectivity index (χ4v) is 4.92. The summed E-state index contributed by atoms with van der Waals surface area (Å²) in [6.07, 6.45) is -1.16. The fraction of sp³-hybridized carbons (Fsp3) is 0.0435. The first kappa shape index (κ1) is 18.8. The molecular formula is C23H13F2N5OS. The van der Waals surface area contributed by atoms with Crippen molar-refractivity contribution in [3.8, 4) is 28.3 Å². The predicted molar refractivity (Wildman–Crippen MR) is 119 cm³/mol. The third-order valence-corrected chi connectivity index (χ3v) is 6.31. The summed E-state index contributed by atoms with van der Waals surface area (Å²) in [7, 11) is 0. The standard InChI is InChI=1S/C23H13F2N5OS/c24-20(25)15-10-14(12-6-2-1-3-7-12)17-18-19(32-23(17)27-15)22-28-21(29-30(22)11-26-18)13-8-4-5-9-16(13)31/h1-11,20,31H. The second-order valence-electron chi connectivity index (χ2n) is 7.19. The lowest BCUT2D eigenvalue weighted by Gasteiger charge is -2.07. The quantitative estimate of drug-likeness (QED) is 0.369. The van der Waals surface area contributed by atoms with Crippen LogP contribution in [0.4, 0.5) is 8.78 Å². The van der Waals surface area contributed by atoms with Crippen molar-refractivity contribution in [3.05, 3.63) is 72.7 Å². The molecule has 6 aromatic rings. The normalized spacial score (nSPS) is 11.8. The minimum absolute atomic E-state index is 0.0681. The monoisotopic (exact) mass is 445 g/mol. The lowest BCUT2D eigenvalue weighted by atomic mass is 10.0. The van der Waals surface area contributed by atoms with Gasteiger partial charge < -0.3 is 5.11 Å². The first-order valence-electron chi connectivity index (χ1n) is 9.70. The number of phenolic OH excluding ortho intramolecular Hbond substituents is 1. The maximum atomic E-state index is 13.6. The van der Waals surface area contributed by atoms with Gasteiger partial charge in [-0.3, -0.25) is 0 Å². The van der Waals surface area contributed by atoms with E-state index in [1.54, 1.807) is 24.3 Å². The highest BCUT2D eigenvalue weighted by atomic mass is 32.1. The van der Waals surface area contributed by atoms with Crippen LogP contribution in [0.3, 0.4) is 0 Å². The predicted octanol–water partition coefficient (Wildman–Crippen LogP) is 5.86. The smallest absolute Gasteiger partial charge is 0.280 e. The highest BCUT2D eigenvalue weighted by Crippen LogP contribution is 2.41. The minimum atomic E-state index is -2.69.